The Bertz CT molecular complexity index is 1080. The van der Waals surface area contributed by atoms with E-state index in [9.17, 15) is 19.7 Å². The molecule has 3 aromatic rings. The van der Waals surface area contributed by atoms with E-state index in [0.717, 1.165) is 18.2 Å². The van der Waals surface area contributed by atoms with E-state index in [4.69, 9.17) is 4.42 Å². The summed E-state index contributed by atoms with van der Waals surface area (Å²) in [6.07, 6.45) is 2.58. The molecule has 3 heterocycles. The summed E-state index contributed by atoms with van der Waals surface area (Å²) in [7, 11) is 0. The number of nitro groups is 1. The number of anilines is 1. The number of fused-ring (bicyclic) bond motifs is 1. The van der Waals surface area contributed by atoms with Gasteiger partial charge in [0.15, 0.2) is 10.7 Å². The quantitative estimate of drug-likeness (QED) is 0.445. The number of amides is 1. The monoisotopic (exact) mass is 417 g/mol. The Labute approximate surface area is 169 Å². The Hall–Kier alpha value is -3.21. The normalized spacial score (nSPS) is 14.5. The molecule has 11 heteroatoms. The summed E-state index contributed by atoms with van der Waals surface area (Å²) in [5.74, 6) is -0.523. The number of oxazole rings is 1. The highest BCUT2D eigenvalue weighted by molar-refractivity contribution is 7.13. The molecule has 0 aliphatic carbocycles. The van der Waals surface area contributed by atoms with Crippen LogP contribution in [0.25, 0.3) is 11.1 Å². The van der Waals surface area contributed by atoms with Crippen LogP contribution in [0, 0.1) is 10.1 Å². The fourth-order valence-corrected chi connectivity index (χ4v) is 4.14. The van der Waals surface area contributed by atoms with Crippen molar-refractivity contribution in [3.8, 4) is 0 Å². The van der Waals surface area contributed by atoms with Crippen LogP contribution in [-0.4, -0.2) is 51.5 Å². The van der Waals surface area contributed by atoms with Crippen molar-refractivity contribution >= 4 is 39.2 Å². The molecule has 2 aromatic heterocycles. The van der Waals surface area contributed by atoms with Gasteiger partial charge in [-0.25, -0.2) is 9.78 Å². The first-order valence-corrected chi connectivity index (χ1v) is 10.1. The van der Waals surface area contributed by atoms with Gasteiger partial charge in [0, 0.05) is 56.8 Å². The van der Waals surface area contributed by atoms with Gasteiger partial charge < -0.3 is 14.2 Å². The van der Waals surface area contributed by atoms with E-state index in [0.29, 0.717) is 38.0 Å². The second-order valence-electron chi connectivity index (χ2n) is 6.71. The van der Waals surface area contributed by atoms with Gasteiger partial charge in [-0.05, 0) is 12.5 Å². The average molecular weight is 417 g/mol. The lowest BCUT2D eigenvalue weighted by Crippen LogP contribution is -2.48. The van der Waals surface area contributed by atoms with Crippen LogP contribution in [0.5, 0.6) is 0 Å². The molecule has 152 valence electrons. The molecule has 1 aliphatic rings. The molecule has 1 fully saturated rings. The SMILES string of the molecule is O=C(CCCn1c(=O)oc2cc([N+](=O)[O-])ccc21)N1CCN(c2nccs2)CC1. The Kier molecular flexibility index (Phi) is 5.30. The maximum absolute atomic E-state index is 12.5. The smallest absolute Gasteiger partial charge is 0.407 e. The number of aryl methyl sites for hydroxylation is 1. The minimum Gasteiger partial charge on any atom is -0.407 e. The van der Waals surface area contributed by atoms with Gasteiger partial charge in [0.2, 0.25) is 5.91 Å². The summed E-state index contributed by atoms with van der Waals surface area (Å²) in [6.45, 7) is 3.12. The molecule has 0 N–H and O–H groups in total. The number of hydrogen-bond donors (Lipinski definition) is 0. The predicted molar refractivity (Wildman–Crippen MR) is 107 cm³/mol. The van der Waals surface area contributed by atoms with E-state index in [1.165, 1.54) is 22.8 Å². The second-order valence-corrected chi connectivity index (χ2v) is 7.59. The minimum absolute atomic E-state index is 0.0558. The number of rotatable bonds is 6. The molecule has 0 saturated carbocycles. The fourth-order valence-electron chi connectivity index (χ4n) is 3.45. The molecule has 0 radical (unpaired) electrons. The summed E-state index contributed by atoms with van der Waals surface area (Å²) >= 11 is 1.59. The van der Waals surface area contributed by atoms with Gasteiger partial charge in [-0.1, -0.05) is 0 Å². The topological polar surface area (TPSA) is 115 Å². The van der Waals surface area contributed by atoms with Gasteiger partial charge >= 0.3 is 5.76 Å². The number of nitrogens with zero attached hydrogens (tertiary/aromatic N) is 5. The van der Waals surface area contributed by atoms with Gasteiger partial charge in [0.1, 0.15) is 0 Å². The van der Waals surface area contributed by atoms with Crippen molar-refractivity contribution < 1.29 is 14.1 Å². The molecule has 0 unspecified atom stereocenters. The van der Waals surface area contributed by atoms with E-state index >= 15 is 0 Å². The maximum atomic E-state index is 12.5. The first-order chi connectivity index (χ1) is 14.0. The van der Waals surface area contributed by atoms with E-state index in [1.54, 1.807) is 17.5 Å². The van der Waals surface area contributed by atoms with Crippen molar-refractivity contribution in [3.05, 3.63) is 50.4 Å². The van der Waals surface area contributed by atoms with Crippen LogP contribution in [0.2, 0.25) is 0 Å². The van der Waals surface area contributed by atoms with Crippen molar-refractivity contribution in [2.75, 3.05) is 31.1 Å². The molecular formula is C18H19N5O5S. The Morgan fingerprint density at radius 1 is 1.28 bits per heavy atom. The van der Waals surface area contributed by atoms with E-state index in [-0.39, 0.29) is 17.2 Å². The molecule has 0 spiro atoms. The zero-order valence-corrected chi connectivity index (χ0v) is 16.3. The number of hydrogen-bond acceptors (Lipinski definition) is 8. The summed E-state index contributed by atoms with van der Waals surface area (Å²) in [6, 6.07) is 4.07. The Morgan fingerprint density at radius 3 is 2.76 bits per heavy atom. The number of carbonyl (C=O) groups is 1. The predicted octanol–water partition coefficient (Wildman–Crippen LogP) is 2.09. The molecule has 29 heavy (non-hydrogen) atoms. The Morgan fingerprint density at radius 2 is 2.07 bits per heavy atom. The molecule has 0 atom stereocenters. The van der Waals surface area contributed by atoms with Crippen molar-refractivity contribution in [3.63, 3.8) is 0 Å². The van der Waals surface area contributed by atoms with Gasteiger partial charge in [-0.3, -0.25) is 19.5 Å². The third kappa shape index (κ3) is 3.99. The molecule has 1 aromatic carbocycles. The van der Waals surface area contributed by atoms with Crippen molar-refractivity contribution in [1.29, 1.82) is 0 Å². The number of aromatic nitrogens is 2. The van der Waals surface area contributed by atoms with Crippen LogP contribution in [0.1, 0.15) is 12.8 Å². The highest BCUT2D eigenvalue weighted by Crippen LogP contribution is 2.21. The molecule has 1 amide bonds. The third-order valence-corrected chi connectivity index (χ3v) is 5.79. The van der Waals surface area contributed by atoms with Crippen molar-refractivity contribution in [1.82, 2.24) is 14.5 Å². The number of thiazole rings is 1. The van der Waals surface area contributed by atoms with Crippen LogP contribution < -0.4 is 10.7 Å². The summed E-state index contributed by atoms with van der Waals surface area (Å²) in [5, 5.41) is 13.8. The lowest BCUT2D eigenvalue weighted by molar-refractivity contribution is -0.384. The standard InChI is InChI=1S/C18H19N5O5S/c24-16(20-7-9-21(10-8-20)17-19-5-11-29-17)2-1-6-22-14-4-3-13(23(26)27)12-15(14)28-18(22)25/h3-5,11-12H,1-2,6-10H2. The minimum atomic E-state index is -0.579. The van der Waals surface area contributed by atoms with E-state index in [1.807, 2.05) is 10.3 Å². The number of non-ortho nitro benzene ring substituents is 1. The first kappa shape index (κ1) is 19.1. The van der Waals surface area contributed by atoms with E-state index in [2.05, 4.69) is 9.88 Å². The number of nitro benzene ring substituents is 1. The molecular weight excluding hydrogens is 398 g/mol. The summed E-state index contributed by atoms with van der Waals surface area (Å²) in [4.78, 5) is 43.2. The molecule has 0 bridgehead atoms. The highest BCUT2D eigenvalue weighted by Gasteiger charge is 2.22. The van der Waals surface area contributed by atoms with Gasteiger partial charge in [-0.15, -0.1) is 11.3 Å². The lowest BCUT2D eigenvalue weighted by Gasteiger charge is -2.34. The summed E-state index contributed by atoms with van der Waals surface area (Å²) < 4.78 is 6.52. The molecule has 10 nitrogen and oxygen atoms in total. The van der Waals surface area contributed by atoms with Gasteiger partial charge in [-0.2, -0.15) is 0 Å². The summed E-state index contributed by atoms with van der Waals surface area (Å²) in [5.41, 5.74) is 0.532. The Balaban J connectivity index is 1.32. The van der Waals surface area contributed by atoms with Crippen molar-refractivity contribution in [2.24, 2.45) is 0 Å². The largest absolute Gasteiger partial charge is 0.419 e. The third-order valence-electron chi connectivity index (χ3n) is 4.96. The second kappa shape index (κ2) is 8.03. The van der Waals surface area contributed by atoms with Gasteiger partial charge in [0.25, 0.3) is 5.69 Å². The van der Waals surface area contributed by atoms with Crippen LogP contribution in [0.4, 0.5) is 10.8 Å². The molecule has 1 aliphatic heterocycles. The molecule has 1 saturated heterocycles. The fraction of sp³-hybridized carbons (Fsp3) is 0.389. The van der Waals surface area contributed by atoms with Crippen LogP contribution in [-0.2, 0) is 11.3 Å². The van der Waals surface area contributed by atoms with Crippen LogP contribution in [0.15, 0.2) is 39.0 Å². The highest BCUT2D eigenvalue weighted by atomic mass is 32.1. The average Bonchev–Trinajstić information content (AvgIpc) is 3.36. The first-order valence-electron chi connectivity index (χ1n) is 9.23. The molecule has 4 rings (SSSR count). The number of carbonyl (C=O) groups excluding carboxylic acids is 1. The van der Waals surface area contributed by atoms with E-state index < -0.39 is 10.7 Å². The number of benzene rings is 1. The maximum Gasteiger partial charge on any atom is 0.419 e. The number of piperazine rings is 1. The van der Waals surface area contributed by atoms with Crippen LogP contribution in [0.3, 0.4) is 0 Å². The lowest BCUT2D eigenvalue weighted by atomic mass is 10.2. The zero-order valence-electron chi connectivity index (χ0n) is 15.5. The zero-order chi connectivity index (χ0) is 20.4. The van der Waals surface area contributed by atoms with Crippen LogP contribution >= 0.6 is 11.3 Å². The van der Waals surface area contributed by atoms with Crippen molar-refractivity contribution in [2.45, 2.75) is 19.4 Å². The van der Waals surface area contributed by atoms with Gasteiger partial charge in [0.05, 0.1) is 16.5 Å².